The lowest BCUT2D eigenvalue weighted by molar-refractivity contribution is 0.102. The molecule has 1 aromatic heterocycles. The van der Waals surface area contributed by atoms with Crippen molar-refractivity contribution in [1.29, 1.82) is 0 Å². The molecule has 0 saturated carbocycles. The number of hydrogen-bond donors (Lipinski definition) is 1. The fourth-order valence-corrected chi connectivity index (χ4v) is 1.66. The number of methoxy groups -OCH3 is 1. The zero-order valence-corrected chi connectivity index (χ0v) is 10.4. The highest BCUT2D eigenvalue weighted by Crippen LogP contribution is 2.17. The summed E-state index contributed by atoms with van der Waals surface area (Å²) in [6.45, 7) is 0.390. The van der Waals surface area contributed by atoms with Crippen molar-refractivity contribution in [2.24, 2.45) is 0 Å². The average Bonchev–Trinajstić information content (AvgIpc) is 2.41. The Morgan fingerprint density at radius 3 is 2.89 bits per heavy atom. The first-order valence-electron chi connectivity index (χ1n) is 5.70. The summed E-state index contributed by atoms with van der Waals surface area (Å²) >= 11 is 0. The first-order valence-corrected chi connectivity index (χ1v) is 5.70. The van der Waals surface area contributed by atoms with Crippen molar-refractivity contribution >= 4 is 11.6 Å². The highest BCUT2D eigenvalue weighted by Gasteiger charge is 2.09. The van der Waals surface area contributed by atoms with Crippen molar-refractivity contribution < 1.29 is 13.9 Å². The molecular weight excluding hydrogens is 247 g/mol. The van der Waals surface area contributed by atoms with Crippen LogP contribution in [0.2, 0.25) is 0 Å². The van der Waals surface area contributed by atoms with E-state index in [-0.39, 0.29) is 11.5 Å². The van der Waals surface area contributed by atoms with Gasteiger partial charge in [-0.2, -0.15) is 4.39 Å². The largest absolute Gasteiger partial charge is 0.380 e. The average molecular weight is 260 g/mol. The predicted octanol–water partition coefficient (Wildman–Crippen LogP) is 2.62. The van der Waals surface area contributed by atoms with Crippen molar-refractivity contribution in [3.63, 3.8) is 0 Å². The molecule has 0 fully saturated rings. The second-order valence-electron chi connectivity index (χ2n) is 3.91. The lowest BCUT2D eigenvalue weighted by Gasteiger charge is -2.10. The monoisotopic (exact) mass is 260 g/mol. The van der Waals surface area contributed by atoms with Gasteiger partial charge in [-0.1, -0.05) is 18.2 Å². The summed E-state index contributed by atoms with van der Waals surface area (Å²) in [4.78, 5) is 15.4. The maximum absolute atomic E-state index is 13.0. The lowest BCUT2D eigenvalue weighted by atomic mass is 10.1. The number of para-hydroxylation sites is 1. The Labute approximate surface area is 110 Å². The maximum Gasteiger partial charge on any atom is 0.255 e. The number of pyridine rings is 1. The molecule has 2 rings (SSSR count). The van der Waals surface area contributed by atoms with Crippen LogP contribution in [0.25, 0.3) is 0 Å². The third-order valence-corrected chi connectivity index (χ3v) is 2.55. The molecule has 0 bridgehead atoms. The van der Waals surface area contributed by atoms with E-state index >= 15 is 0 Å². The molecule has 0 spiro atoms. The molecule has 19 heavy (non-hydrogen) atoms. The number of halogens is 1. The van der Waals surface area contributed by atoms with Gasteiger partial charge in [-0.05, 0) is 12.1 Å². The highest BCUT2D eigenvalue weighted by molar-refractivity contribution is 6.04. The van der Waals surface area contributed by atoms with Crippen molar-refractivity contribution in [3.05, 3.63) is 59.7 Å². The fourth-order valence-electron chi connectivity index (χ4n) is 1.66. The topological polar surface area (TPSA) is 51.2 Å². The molecule has 1 amide bonds. The quantitative estimate of drug-likeness (QED) is 0.860. The number of aromatic nitrogens is 1. The molecule has 0 radical (unpaired) electrons. The minimum atomic E-state index is -0.683. The van der Waals surface area contributed by atoms with Gasteiger partial charge in [-0.15, -0.1) is 0 Å². The molecular formula is C14H13FN2O2. The van der Waals surface area contributed by atoms with Crippen LogP contribution in [-0.4, -0.2) is 18.0 Å². The van der Waals surface area contributed by atoms with Gasteiger partial charge in [-0.3, -0.25) is 4.79 Å². The van der Waals surface area contributed by atoms with Gasteiger partial charge in [0.15, 0.2) is 0 Å². The molecule has 1 aromatic carbocycles. The Bertz CT molecular complexity index is 587. The van der Waals surface area contributed by atoms with Crippen LogP contribution in [0.3, 0.4) is 0 Å². The third-order valence-electron chi connectivity index (χ3n) is 2.55. The standard InChI is InChI=1S/C14H13FN2O2/c1-19-9-11-4-2-3-5-12(11)17-14(18)10-6-7-16-13(15)8-10/h2-8H,9H2,1H3,(H,17,18). The van der Waals surface area contributed by atoms with Crippen LogP contribution in [0.1, 0.15) is 15.9 Å². The normalized spacial score (nSPS) is 10.2. The van der Waals surface area contributed by atoms with Crippen LogP contribution >= 0.6 is 0 Å². The molecule has 0 aliphatic carbocycles. The van der Waals surface area contributed by atoms with Crippen LogP contribution in [0.15, 0.2) is 42.6 Å². The fraction of sp³-hybridized carbons (Fsp3) is 0.143. The Morgan fingerprint density at radius 1 is 1.37 bits per heavy atom. The van der Waals surface area contributed by atoms with E-state index in [2.05, 4.69) is 10.3 Å². The Balaban J connectivity index is 2.19. The minimum absolute atomic E-state index is 0.222. The van der Waals surface area contributed by atoms with Gasteiger partial charge in [0.05, 0.1) is 6.61 Å². The van der Waals surface area contributed by atoms with E-state index in [9.17, 15) is 9.18 Å². The van der Waals surface area contributed by atoms with E-state index < -0.39 is 5.95 Å². The molecule has 0 aliphatic heterocycles. The van der Waals surface area contributed by atoms with Gasteiger partial charge >= 0.3 is 0 Å². The van der Waals surface area contributed by atoms with Crippen molar-refractivity contribution in [2.45, 2.75) is 6.61 Å². The number of amides is 1. The zero-order valence-electron chi connectivity index (χ0n) is 10.4. The maximum atomic E-state index is 13.0. The van der Waals surface area contributed by atoms with Crippen molar-refractivity contribution in [3.8, 4) is 0 Å². The number of nitrogens with one attached hydrogen (secondary N) is 1. The number of anilines is 1. The number of ether oxygens (including phenoxy) is 1. The summed E-state index contributed by atoms with van der Waals surface area (Å²) in [6.07, 6.45) is 1.26. The second-order valence-corrected chi connectivity index (χ2v) is 3.91. The smallest absolute Gasteiger partial charge is 0.255 e. The van der Waals surface area contributed by atoms with E-state index in [0.717, 1.165) is 11.6 Å². The van der Waals surface area contributed by atoms with Gasteiger partial charge in [0, 0.05) is 36.2 Å². The van der Waals surface area contributed by atoms with Crippen molar-refractivity contribution in [1.82, 2.24) is 4.98 Å². The van der Waals surface area contributed by atoms with Gasteiger partial charge in [0.25, 0.3) is 5.91 Å². The summed E-state index contributed by atoms with van der Waals surface area (Å²) in [5, 5.41) is 2.73. The molecule has 0 aliphatic rings. The van der Waals surface area contributed by atoms with Crippen LogP contribution in [0.4, 0.5) is 10.1 Å². The summed E-state index contributed by atoms with van der Waals surface area (Å²) in [5.41, 5.74) is 1.72. The highest BCUT2D eigenvalue weighted by atomic mass is 19.1. The van der Waals surface area contributed by atoms with E-state index in [1.165, 1.54) is 12.3 Å². The van der Waals surface area contributed by atoms with Crippen LogP contribution in [0.5, 0.6) is 0 Å². The Kier molecular flexibility index (Phi) is 4.20. The Hall–Kier alpha value is -2.27. The molecule has 5 heteroatoms. The van der Waals surface area contributed by atoms with E-state index in [4.69, 9.17) is 4.74 Å². The molecule has 0 unspecified atom stereocenters. The third kappa shape index (κ3) is 3.35. The minimum Gasteiger partial charge on any atom is -0.380 e. The predicted molar refractivity (Wildman–Crippen MR) is 69.3 cm³/mol. The number of hydrogen-bond acceptors (Lipinski definition) is 3. The molecule has 0 saturated heterocycles. The second kappa shape index (κ2) is 6.06. The van der Waals surface area contributed by atoms with Crippen LogP contribution < -0.4 is 5.32 Å². The molecule has 1 heterocycles. The summed E-state index contributed by atoms with van der Waals surface area (Å²) in [6, 6.07) is 9.83. The zero-order chi connectivity index (χ0) is 13.7. The molecule has 1 N–H and O–H groups in total. The first-order chi connectivity index (χ1) is 9.20. The van der Waals surface area contributed by atoms with Gasteiger partial charge < -0.3 is 10.1 Å². The molecule has 0 atom stereocenters. The molecule has 2 aromatic rings. The first kappa shape index (κ1) is 13.2. The Morgan fingerprint density at radius 2 is 2.16 bits per heavy atom. The SMILES string of the molecule is COCc1ccccc1NC(=O)c1ccnc(F)c1. The number of rotatable bonds is 4. The van der Waals surface area contributed by atoms with E-state index in [1.54, 1.807) is 13.2 Å². The molecule has 98 valence electrons. The van der Waals surface area contributed by atoms with Gasteiger partial charge in [0.2, 0.25) is 5.95 Å². The summed E-state index contributed by atoms with van der Waals surface area (Å²) in [7, 11) is 1.58. The number of nitrogens with zero attached hydrogens (tertiary/aromatic N) is 1. The number of carbonyl (C=O) groups excluding carboxylic acids is 1. The van der Waals surface area contributed by atoms with E-state index in [1.807, 2.05) is 18.2 Å². The number of carbonyl (C=O) groups is 1. The summed E-state index contributed by atoms with van der Waals surface area (Å²) < 4.78 is 18.0. The summed E-state index contributed by atoms with van der Waals surface area (Å²) in [5.74, 6) is -1.07. The molecule has 4 nitrogen and oxygen atoms in total. The van der Waals surface area contributed by atoms with Gasteiger partial charge in [-0.25, -0.2) is 4.98 Å². The van der Waals surface area contributed by atoms with Gasteiger partial charge in [0.1, 0.15) is 0 Å². The van der Waals surface area contributed by atoms with Crippen LogP contribution in [-0.2, 0) is 11.3 Å². The van der Waals surface area contributed by atoms with E-state index in [0.29, 0.717) is 12.3 Å². The lowest BCUT2D eigenvalue weighted by Crippen LogP contribution is -2.14. The number of benzene rings is 1. The van der Waals surface area contributed by atoms with Crippen molar-refractivity contribution in [2.75, 3.05) is 12.4 Å². The van der Waals surface area contributed by atoms with Crippen LogP contribution in [0, 0.1) is 5.95 Å².